The van der Waals surface area contributed by atoms with E-state index in [2.05, 4.69) is 4.98 Å². The van der Waals surface area contributed by atoms with Crippen molar-refractivity contribution in [2.24, 2.45) is 5.92 Å². The predicted octanol–water partition coefficient (Wildman–Crippen LogP) is 1.92. The third kappa shape index (κ3) is 1.54. The Balaban J connectivity index is 2.03. The summed E-state index contributed by atoms with van der Waals surface area (Å²) >= 11 is 0. The summed E-state index contributed by atoms with van der Waals surface area (Å²) in [6, 6.07) is 2.75. The maximum absolute atomic E-state index is 13.1. The molecule has 5 heteroatoms. The number of rotatable bonds is 2. The summed E-state index contributed by atoms with van der Waals surface area (Å²) in [6.07, 6.45) is -0.869. The van der Waals surface area contributed by atoms with E-state index in [1.165, 1.54) is 23.2 Å². The molecule has 0 saturated carbocycles. The fourth-order valence-electron chi connectivity index (χ4n) is 1.46. The van der Waals surface area contributed by atoms with E-state index in [9.17, 15) is 13.2 Å². The number of alkyl halides is 2. The molecule has 0 aliphatic carbocycles. The van der Waals surface area contributed by atoms with E-state index in [1.807, 2.05) is 0 Å². The lowest BCUT2D eigenvalue weighted by Crippen LogP contribution is -2.50. The molecule has 0 atom stereocenters. The second-order valence-corrected chi connectivity index (χ2v) is 3.31. The maximum Gasteiger partial charge on any atom is 0.244 e. The number of pyridine rings is 1. The number of hydrogen-bond donors (Lipinski definition) is 0. The monoisotopic (exact) mass is 202 g/mol. The Labute approximate surface area is 79.4 Å². The predicted molar refractivity (Wildman–Crippen MR) is 45.9 cm³/mol. The van der Waals surface area contributed by atoms with Gasteiger partial charge in [0.2, 0.25) is 6.43 Å². The van der Waals surface area contributed by atoms with Crippen molar-refractivity contribution < 1.29 is 13.2 Å². The Kier molecular flexibility index (Phi) is 2.31. The number of aromatic nitrogens is 1. The minimum absolute atomic E-state index is 0.171. The quantitative estimate of drug-likeness (QED) is 0.728. The lowest BCUT2D eigenvalue weighted by molar-refractivity contribution is 0.0608. The molecule has 1 aromatic rings. The first-order valence-corrected chi connectivity index (χ1v) is 4.32. The van der Waals surface area contributed by atoms with E-state index < -0.39 is 18.2 Å². The Bertz CT molecular complexity index is 324. The summed E-state index contributed by atoms with van der Waals surface area (Å²) in [7, 11) is 0. The second-order valence-electron chi connectivity index (χ2n) is 3.31. The molecule has 0 N–H and O–H groups in total. The van der Waals surface area contributed by atoms with Gasteiger partial charge in [0.15, 0.2) is 11.6 Å². The summed E-state index contributed by atoms with van der Waals surface area (Å²) in [4.78, 5) is 5.32. The van der Waals surface area contributed by atoms with E-state index in [4.69, 9.17) is 0 Å². The van der Waals surface area contributed by atoms with Gasteiger partial charge in [-0.3, -0.25) is 0 Å². The highest BCUT2D eigenvalue weighted by molar-refractivity contribution is 5.42. The van der Waals surface area contributed by atoms with Crippen LogP contribution in [-0.2, 0) is 0 Å². The van der Waals surface area contributed by atoms with E-state index in [1.54, 1.807) is 0 Å². The lowest BCUT2D eigenvalue weighted by atomic mass is 10.0. The Morgan fingerprint density at radius 3 is 2.71 bits per heavy atom. The van der Waals surface area contributed by atoms with Crippen LogP contribution in [0.3, 0.4) is 0 Å². The van der Waals surface area contributed by atoms with Crippen LogP contribution in [0, 0.1) is 11.7 Å². The molecular weight excluding hydrogens is 193 g/mol. The van der Waals surface area contributed by atoms with Gasteiger partial charge in [-0.1, -0.05) is 0 Å². The Hall–Kier alpha value is -1.26. The molecule has 2 nitrogen and oxygen atoms in total. The molecule has 1 fully saturated rings. The number of anilines is 1. The van der Waals surface area contributed by atoms with Crippen molar-refractivity contribution in [3.8, 4) is 0 Å². The van der Waals surface area contributed by atoms with Crippen molar-refractivity contribution in [3.05, 3.63) is 24.1 Å². The molecule has 1 saturated heterocycles. The molecular formula is C9H9F3N2. The van der Waals surface area contributed by atoms with Gasteiger partial charge < -0.3 is 4.90 Å². The van der Waals surface area contributed by atoms with Crippen LogP contribution in [0.2, 0.25) is 0 Å². The first-order chi connectivity index (χ1) is 6.68. The molecule has 1 aliphatic heterocycles. The number of nitrogens with zero attached hydrogens (tertiary/aromatic N) is 2. The SMILES string of the molecule is Fc1cccnc1N1CC(C(F)F)C1. The van der Waals surface area contributed by atoms with E-state index in [-0.39, 0.29) is 18.9 Å². The lowest BCUT2D eigenvalue weighted by Gasteiger charge is -2.39. The van der Waals surface area contributed by atoms with E-state index in [0.717, 1.165) is 0 Å². The van der Waals surface area contributed by atoms with Crippen molar-refractivity contribution in [2.45, 2.75) is 6.43 Å². The van der Waals surface area contributed by atoms with Crippen LogP contribution >= 0.6 is 0 Å². The van der Waals surface area contributed by atoms with Crippen LogP contribution in [0.15, 0.2) is 18.3 Å². The first kappa shape index (κ1) is 9.30. The zero-order valence-corrected chi connectivity index (χ0v) is 7.33. The van der Waals surface area contributed by atoms with Gasteiger partial charge in [0.1, 0.15) is 0 Å². The molecule has 76 valence electrons. The van der Waals surface area contributed by atoms with Gasteiger partial charge in [0, 0.05) is 19.3 Å². The van der Waals surface area contributed by atoms with Gasteiger partial charge in [-0.2, -0.15) is 0 Å². The summed E-state index contributed by atoms with van der Waals surface area (Å²) in [5.41, 5.74) is 0. The van der Waals surface area contributed by atoms with Gasteiger partial charge in [0.05, 0.1) is 5.92 Å². The van der Waals surface area contributed by atoms with Crippen LogP contribution in [0.25, 0.3) is 0 Å². The third-order valence-corrected chi connectivity index (χ3v) is 2.30. The molecule has 0 bridgehead atoms. The number of hydrogen-bond acceptors (Lipinski definition) is 2. The maximum atomic E-state index is 13.1. The van der Waals surface area contributed by atoms with Crippen LogP contribution in [0.1, 0.15) is 0 Å². The Morgan fingerprint density at radius 1 is 1.43 bits per heavy atom. The molecule has 14 heavy (non-hydrogen) atoms. The molecule has 0 amide bonds. The fourth-order valence-corrected chi connectivity index (χ4v) is 1.46. The molecule has 0 spiro atoms. The highest BCUT2D eigenvalue weighted by atomic mass is 19.3. The largest absolute Gasteiger partial charge is 0.353 e. The molecule has 0 aromatic carbocycles. The average molecular weight is 202 g/mol. The van der Waals surface area contributed by atoms with Gasteiger partial charge >= 0.3 is 0 Å². The third-order valence-electron chi connectivity index (χ3n) is 2.30. The van der Waals surface area contributed by atoms with Crippen molar-refractivity contribution in [2.75, 3.05) is 18.0 Å². The standard InChI is InChI=1S/C9H9F3N2/c10-7-2-1-3-13-9(7)14-4-6(5-14)8(11)12/h1-3,6,8H,4-5H2. The van der Waals surface area contributed by atoms with E-state index in [0.29, 0.717) is 0 Å². The van der Waals surface area contributed by atoms with E-state index >= 15 is 0 Å². The molecule has 2 rings (SSSR count). The normalized spacial score (nSPS) is 17.3. The van der Waals surface area contributed by atoms with Crippen molar-refractivity contribution in [1.82, 2.24) is 4.98 Å². The minimum Gasteiger partial charge on any atom is -0.353 e. The molecule has 1 aromatic heterocycles. The zero-order valence-electron chi connectivity index (χ0n) is 7.33. The summed E-state index contributed by atoms with van der Waals surface area (Å²) in [5, 5.41) is 0. The zero-order chi connectivity index (χ0) is 10.1. The average Bonchev–Trinajstić information content (AvgIpc) is 2.05. The van der Waals surface area contributed by atoms with Crippen LogP contribution in [0.4, 0.5) is 19.0 Å². The van der Waals surface area contributed by atoms with Crippen molar-refractivity contribution in [3.63, 3.8) is 0 Å². The van der Waals surface area contributed by atoms with Crippen LogP contribution < -0.4 is 4.90 Å². The van der Waals surface area contributed by atoms with Crippen LogP contribution in [0.5, 0.6) is 0 Å². The van der Waals surface area contributed by atoms with Crippen molar-refractivity contribution in [1.29, 1.82) is 0 Å². The first-order valence-electron chi connectivity index (χ1n) is 4.32. The molecule has 1 aliphatic rings. The topological polar surface area (TPSA) is 16.1 Å². The van der Waals surface area contributed by atoms with Gasteiger partial charge in [-0.05, 0) is 12.1 Å². The molecule has 2 heterocycles. The van der Waals surface area contributed by atoms with Gasteiger partial charge in [-0.15, -0.1) is 0 Å². The number of halogens is 3. The Morgan fingerprint density at radius 2 is 2.14 bits per heavy atom. The minimum atomic E-state index is -2.32. The highest BCUT2D eigenvalue weighted by Gasteiger charge is 2.35. The summed E-state index contributed by atoms with van der Waals surface area (Å²) in [6.45, 7) is 0.372. The smallest absolute Gasteiger partial charge is 0.244 e. The van der Waals surface area contributed by atoms with Crippen molar-refractivity contribution >= 4 is 5.82 Å². The second kappa shape index (κ2) is 3.48. The molecule has 0 unspecified atom stereocenters. The highest BCUT2D eigenvalue weighted by Crippen LogP contribution is 2.28. The van der Waals surface area contributed by atoms with Gasteiger partial charge in [-0.25, -0.2) is 18.2 Å². The van der Waals surface area contributed by atoms with Gasteiger partial charge in [0.25, 0.3) is 0 Å². The summed E-state index contributed by atoms with van der Waals surface area (Å²) in [5.74, 6) is -0.930. The fraction of sp³-hybridized carbons (Fsp3) is 0.444. The van der Waals surface area contributed by atoms with Crippen LogP contribution in [-0.4, -0.2) is 24.5 Å². The summed E-state index contributed by atoms with van der Waals surface area (Å²) < 4.78 is 37.4. The molecule has 0 radical (unpaired) electrons.